The molecule has 0 aliphatic heterocycles. The van der Waals surface area contributed by atoms with E-state index in [4.69, 9.17) is 17.3 Å². The van der Waals surface area contributed by atoms with Crippen LogP contribution in [0.5, 0.6) is 0 Å². The minimum atomic E-state index is -1.21. The molecule has 0 radical (unpaired) electrons. The Morgan fingerprint density at radius 2 is 1.62 bits per heavy atom. The van der Waals surface area contributed by atoms with Crippen LogP contribution >= 0.6 is 11.6 Å². The third-order valence-electron chi connectivity index (χ3n) is 14.1. The fourth-order valence-corrected chi connectivity index (χ4v) is 12.1. The molecule has 1 heterocycles. The Kier molecular flexibility index (Phi) is 7.10. The quantitative estimate of drug-likeness (QED) is 0.366. The van der Waals surface area contributed by atoms with Gasteiger partial charge in [-0.3, -0.25) is 14.4 Å². The van der Waals surface area contributed by atoms with Gasteiger partial charge in [-0.15, -0.1) is 0 Å². The number of ketones is 2. The largest absolute Gasteiger partial charge is 0.393 e. The topological polar surface area (TPSA) is 135 Å². The minimum absolute atomic E-state index is 0.0214. The summed E-state index contributed by atoms with van der Waals surface area (Å²) in [5, 5.41) is 14.2. The molecule has 9 unspecified atom stereocenters. The zero-order valence-electron chi connectivity index (χ0n) is 27.4. The number of nitrogens with two attached hydrogens (primary N) is 1. The van der Waals surface area contributed by atoms with Gasteiger partial charge in [-0.2, -0.15) is 0 Å². The number of hydrogen-bond donors (Lipinski definition) is 3. The fraction of sp³-hybridized carbons (Fsp3) is 0.750. The van der Waals surface area contributed by atoms with Gasteiger partial charge in [-0.25, -0.2) is 9.97 Å². The number of nitrogens with one attached hydrogen (secondary N) is 1. The van der Waals surface area contributed by atoms with Crippen molar-refractivity contribution in [3.63, 3.8) is 0 Å². The number of amides is 1. The van der Waals surface area contributed by atoms with Crippen LogP contribution in [0.3, 0.4) is 0 Å². The van der Waals surface area contributed by atoms with Crippen molar-refractivity contribution >= 4 is 29.1 Å². The number of carbonyl (C=O) groups excluding carboxylic acids is 3. The standard InChI is InChI=1S/C36H49ClN4O4/c1-19(2)27-24(43)16-34(29(44)30(45)41-35(14-15-35)31-39-17-21(37)18-40-31)12-8-26-33(5)10-6-22-20(3)23(42)7-11-32(22,4)25(33)9-13-36(26,38)28(27)34/h17-20,22-23,25-26,42H,6-16,38H2,1-5H3,(H,41,45). The summed E-state index contributed by atoms with van der Waals surface area (Å²) in [5.41, 5.74) is 6.40. The predicted octanol–water partition coefficient (Wildman–Crippen LogP) is 5.45. The van der Waals surface area contributed by atoms with Crippen molar-refractivity contribution in [1.82, 2.24) is 15.3 Å². The fourth-order valence-electron chi connectivity index (χ4n) is 12.0. The SMILES string of the molecule is CC(C)C1=C2C(C(=O)C(=O)NC3(c4ncc(Cl)cn4)CC3)(CCC3C2(N)CCC2C4(C)CCC(O)C(C)C4CCC32C)CC1=O. The first-order valence-electron chi connectivity index (χ1n) is 17.2. The lowest BCUT2D eigenvalue weighted by molar-refractivity contribution is -0.183. The first-order chi connectivity index (χ1) is 21.1. The molecule has 1 amide bonds. The summed E-state index contributed by atoms with van der Waals surface area (Å²) in [6.45, 7) is 11.1. The Labute approximate surface area is 271 Å². The zero-order chi connectivity index (χ0) is 32.3. The Morgan fingerprint density at radius 1 is 0.978 bits per heavy atom. The molecule has 4 N–H and O–H groups in total. The highest BCUT2D eigenvalue weighted by atomic mass is 35.5. The van der Waals surface area contributed by atoms with E-state index in [9.17, 15) is 19.5 Å². The van der Waals surface area contributed by atoms with E-state index in [1.165, 1.54) is 12.4 Å². The van der Waals surface area contributed by atoms with Gasteiger partial charge in [-0.1, -0.05) is 46.2 Å². The summed E-state index contributed by atoms with van der Waals surface area (Å²) in [5.74, 6) is 0.438. The van der Waals surface area contributed by atoms with Crippen LogP contribution in [0, 0.1) is 45.8 Å². The lowest BCUT2D eigenvalue weighted by Gasteiger charge is -2.69. The molecule has 0 bridgehead atoms. The van der Waals surface area contributed by atoms with Crippen LogP contribution in [-0.4, -0.2) is 44.2 Å². The van der Waals surface area contributed by atoms with Gasteiger partial charge in [0.05, 0.1) is 16.5 Å². The minimum Gasteiger partial charge on any atom is -0.393 e. The molecule has 1 aromatic heterocycles. The van der Waals surface area contributed by atoms with Crippen LogP contribution < -0.4 is 11.1 Å². The van der Waals surface area contributed by atoms with Crippen LogP contribution in [0.25, 0.3) is 0 Å². The van der Waals surface area contributed by atoms with Gasteiger partial charge in [-0.05, 0) is 116 Å². The van der Waals surface area contributed by atoms with Crippen LogP contribution in [0.4, 0.5) is 0 Å². The average Bonchev–Trinajstić information content (AvgIpc) is 3.68. The second-order valence-electron chi connectivity index (χ2n) is 16.6. The van der Waals surface area contributed by atoms with Crippen LogP contribution in [0.15, 0.2) is 23.5 Å². The van der Waals surface area contributed by atoms with Gasteiger partial charge in [0.2, 0.25) is 5.78 Å². The highest BCUT2D eigenvalue weighted by Crippen LogP contribution is 2.72. The number of nitrogens with zero attached hydrogens (tertiary/aromatic N) is 2. The molecule has 0 saturated heterocycles. The molecule has 8 nitrogen and oxygen atoms in total. The lowest BCUT2D eigenvalue weighted by atomic mass is 9.36. The first-order valence-corrected chi connectivity index (χ1v) is 17.6. The summed E-state index contributed by atoms with van der Waals surface area (Å²) < 4.78 is 0. The molecule has 7 rings (SSSR count). The number of rotatable bonds is 5. The van der Waals surface area contributed by atoms with Gasteiger partial charge in [0, 0.05) is 24.4 Å². The zero-order valence-corrected chi connectivity index (χ0v) is 28.2. The summed E-state index contributed by atoms with van der Waals surface area (Å²) in [4.78, 5) is 51.1. The lowest BCUT2D eigenvalue weighted by Crippen LogP contribution is -2.69. The number of hydrogen-bond acceptors (Lipinski definition) is 7. The predicted molar refractivity (Wildman–Crippen MR) is 171 cm³/mol. The molecule has 1 aromatic rings. The maximum Gasteiger partial charge on any atom is 0.289 e. The highest BCUT2D eigenvalue weighted by molar-refractivity contribution is 6.40. The monoisotopic (exact) mass is 636 g/mol. The van der Waals surface area contributed by atoms with Gasteiger partial charge in [0.25, 0.3) is 5.91 Å². The normalized spacial score (nSPS) is 43.2. The molecule has 9 heteroatoms. The van der Waals surface area contributed by atoms with Crippen LogP contribution in [0.1, 0.15) is 111 Å². The molecule has 9 atom stereocenters. The number of aliphatic hydroxyl groups excluding tert-OH is 1. The molecular formula is C36H49ClN4O4. The molecule has 6 aliphatic carbocycles. The maximum absolute atomic E-state index is 14.6. The molecule has 5 saturated carbocycles. The molecule has 244 valence electrons. The molecular weight excluding hydrogens is 588 g/mol. The van der Waals surface area contributed by atoms with Gasteiger partial charge in [0.15, 0.2) is 11.6 Å². The number of carbonyl (C=O) groups is 3. The van der Waals surface area contributed by atoms with Crippen molar-refractivity contribution in [1.29, 1.82) is 0 Å². The summed E-state index contributed by atoms with van der Waals surface area (Å²) in [7, 11) is 0. The number of allylic oxidation sites excluding steroid dienone is 1. The van der Waals surface area contributed by atoms with Crippen molar-refractivity contribution < 1.29 is 19.5 Å². The Morgan fingerprint density at radius 3 is 2.27 bits per heavy atom. The van der Waals surface area contributed by atoms with E-state index >= 15 is 0 Å². The summed E-state index contributed by atoms with van der Waals surface area (Å²) >= 11 is 6.00. The summed E-state index contributed by atoms with van der Waals surface area (Å²) in [6.07, 6.45) is 10.8. The van der Waals surface area contributed by atoms with E-state index in [0.29, 0.717) is 53.9 Å². The molecule has 5 fully saturated rings. The molecule has 6 aliphatic rings. The van der Waals surface area contributed by atoms with E-state index in [1.54, 1.807) is 0 Å². The Bertz CT molecular complexity index is 1490. The van der Waals surface area contributed by atoms with E-state index in [2.05, 4.69) is 36.1 Å². The van der Waals surface area contributed by atoms with E-state index < -0.39 is 28.2 Å². The molecule has 0 spiro atoms. The third-order valence-corrected chi connectivity index (χ3v) is 14.3. The van der Waals surface area contributed by atoms with Gasteiger partial charge in [0.1, 0.15) is 5.54 Å². The smallest absolute Gasteiger partial charge is 0.289 e. The highest BCUT2D eigenvalue weighted by Gasteiger charge is 2.70. The molecule has 0 aromatic carbocycles. The number of halogens is 1. The van der Waals surface area contributed by atoms with E-state index in [1.807, 2.05) is 13.8 Å². The van der Waals surface area contributed by atoms with Crippen LogP contribution in [-0.2, 0) is 19.9 Å². The number of aliphatic hydroxyl groups is 1. The van der Waals surface area contributed by atoms with E-state index in [0.717, 1.165) is 44.1 Å². The third kappa shape index (κ3) is 4.26. The maximum atomic E-state index is 14.6. The van der Waals surface area contributed by atoms with Crippen molar-refractivity contribution in [2.45, 2.75) is 122 Å². The first kappa shape index (κ1) is 31.4. The van der Waals surface area contributed by atoms with Crippen molar-refractivity contribution in [2.75, 3.05) is 0 Å². The Hall–Kier alpha value is -2.16. The summed E-state index contributed by atoms with van der Waals surface area (Å²) in [6, 6.07) is 0. The molecule has 45 heavy (non-hydrogen) atoms. The van der Waals surface area contributed by atoms with Crippen molar-refractivity contribution in [3.8, 4) is 0 Å². The second kappa shape index (κ2) is 10.2. The van der Waals surface area contributed by atoms with Crippen molar-refractivity contribution in [2.24, 2.45) is 51.6 Å². The number of Topliss-reactive ketones (excluding diaryl/α,β-unsaturated/α-hetero) is 2. The van der Waals surface area contributed by atoms with Crippen molar-refractivity contribution in [3.05, 3.63) is 34.4 Å². The Balaban J connectivity index is 1.25. The van der Waals surface area contributed by atoms with E-state index in [-0.39, 0.29) is 46.9 Å². The van der Waals surface area contributed by atoms with Crippen LogP contribution in [0.2, 0.25) is 5.02 Å². The average molecular weight is 637 g/mol. The number of fused-ring (bicyclic) bond motifs is 7. The van der Waals surface area contributed by atoms with Gasteiger partial charge < -0.3 is 16.2 Å². The number of aromatic nitrogens is 2. The van der Waals surface area contributed by atoms with Gasteiger partial charge >= 0.3 is 0 Å². The second-order valence-corrected chi connectivity index (χ2v) is 17.0.